The van der Waals surface area contributed by atoms with E-state index in [1.165, 1.54) is 47.0 Å². The lowest BCUT2D eigenvalue weighted by atomic mass is 9.77. The Morgan fingerprint density at radius 1 is 0.709 bits per heavy atom. The lowest BCUT2D eigenvalue weighted by Gasteiger charge is -2.37. The van der Waals surface area contributed by atoms with Gasteiger partial charge in [0.1, 0.15) is 22.9 Å². The van der Waals surface area contributed by atoms with Crippen molar-refractivity contribution >= 4 is 35.1 Å². The molecule has 0 radical (unpaired) electrons. The number of fused-ring (bicyclic) bond motifs is 7. The molecule has 22 heteroatoms. The van der Waals surface area contributed by atoms with Crippen LogP contribution in [0.1, 0.15) is 85.6 Å². The maximum Gasteiger partial charge on any atom is 0.471 e. The molecule has 0 unspecified atom stereocenters. The highest BCUT2D eigenvalue weighted by Crippen LogP contribution is 2.57. The number of benzene rings is 6. The van der Waals surface area contributed by atoms with Crippen LogP contribution < -0.4 is 31.0 Å². The Hall–Kier alpha value is -9.47. The molecular formula is C57H43F7N6O9. The van der Waals surface area contributed by atoms with E-state index in [9.17, 15) is 55.4 Å². The molecular weight excluding hydrogens is 1050 g/mol. The topological polar surface area (TPSA) is 203 Å². The SMILES string of the molecule is O=C(NCCCCCCOc1ccc(Cc2nc3c(Cc4ccccc4)[nH]c(-c4ccc(O)cc4)cn-3c2=O)cc1F)c1ccc2c(c1)C1(OC2=O)c2ccc(NC(=O)C(F)(F)F)cc2Oc2cc(NC(=O)C(F)(F)F)ccc21. The fourth-order valence-electron chi connectivity index (χ4n) is 9.46. The number of aromatic amines is 1. The number of halogens is 7. The van der Waals surface area contributed by atoms with Crippen LogP contribution >= 0.6 is 0 Å². The first-order chi connectivity index (χ1) is 37.7. The monoisotopic (exact) mass is 1090 g/mol. The lowest BCUT2D eigenvalue weighted by molar-refractivity contribution is -0.167. The van der Waals surface area contributed by atoms with Gasteiger partial charge in [-0.2, -0.15) is 26.3 Å². The summed E-state index contributed by atoms with van der Waals surface area (Å²) in [4.78, 5) is 72.6. The van der Waals surface area contributed by atoms with Crippen LogP contribution in [0.4, 0.5) is 42.1 Å². The molecule has 0 aromatic heterocycles. The molecule has 5 N–H and O–H groups in total. The number of alkyl halides is 6. The fourth-order valence-corrected chi connectivity index (χ4v) is 9.46. The molecule has 0 saturated carbocycles. The summed E-state index contributed by atoms with van der Waals surface area (Å²) in [5.41, 5.74) is 0.840. The highest BCUT2D eigenvalue weighted by Gasteiger charge is 2.54. The van der Waals surface area contributed by atoms with E-state index in [1.54, 1.807) is 47.2 Å². The zero-order valence-corrected chi connectivity index (χ0v) is 41.1. The van der Waals surface area contributed by atoms with Crippen LogP contribution in [0.2, 0.25) is 0 Å². The van der Waals surface area contributed by atoms with Gasteiger partial charge in [0.05, 0.1) is 23.6 Å². The van der Waals surface area contributed by atoms with Crippen molar-refractivity contribution in [1.29, 1.82) is 0 Å². The van der Waals surface area contributed by atoms with Crippen molar-refractivity contribution in [2.24, 2.45) is 0 Å². The zero-order valence-electron chi connectivity index (χ0n) is 41.1. The minimum atomic E-state index is -5.27. The van der Waals surface area contributed by atoms with Crippen molar-refractivity contribution in [3.05, 3.63) is 200 Å². The quantitative estimate of drug-likeness (QED) is 0.0352. The molecule has 0 bridgehead atoms. The molecule has 6 aromatic rings. The fraction of sp³-hybridized carbons (Fsp3) is 0.193. The number of aromatic nitrogens is 3. The predicted octanol–water partition coefficient (Wildman–Crippen LogP) is 10.6. The van der Waals surface area contributed by atoms with Gasteiger partial charge in [0.2, 0.25) is 0 Å². The number of ether oxygens (including phenoxy) is 3. The molecule has 4 aliphatic rings. The van der Waals surface area contributed by atoms with Gasteiger partial charge in [0.25, 0.3) is 11.5 Å². The van der Waals surface area contributed by atoms with Gasteiger partial charge >= 0.3 is 30.1 Å². The average molecular weight is 1090 g/mol. The molecule has 6 aromatic carbocycles. The van der Waals surface area contributed by atoms with Crippen molar-refractivity contribution in [1.82, 2.24) is 19.9 Å². The first-order valence-corrected chi connectivity index (χ1v) is 24.5. The normalized spacial score (nSPS) is 13.2. The van der Waals surface area contributed by atoms with Crippen molar-refractivity contribution in [3.8, 4) is 40.1 Å². The number of nitrogens with zero attached hydrogens (tertiary/aromatic N) is 2. The first kappa shape index (κ1) is 52.9. The molecule has 4 aliphatic heterocycles. The van der Waals surface area contributed by atoms with E-state index in [1.807, 2.05) is 30.3 Å². The number of imidazole rings is 1. The number of amides is 3. The average Bonchev–Trinajstić information content (AvgIpc) is 4.05. The van der Waals surface area contributed by atoms with Crippen LogP contribution in [-0.4, -0.2) is 68.8 Å². The molecule has 0 aliphatic carbocycles. The van der Waals surface area contributed by atoms with Crippen LogP contribution in [0.5, 0.6) is 23.0 Å². The van der Waals surface area contributed by atoms with E-state index in [4.69, 9.17) is 19.2 Å². The van der Waals surface area contributed by atoms with Crippen LogP contribution in [0.3, 0.4) is 0 Å². The number of phenols is 1. The second-order valence-electron chi connectivity index (χ2n) is 18.6. The van der Waals surface area contributed by atoms with Crippen molar-refractivity contribution in [2.45, 2.75) is 56.5 Å². The van der Waals surface area contributed by atoms with Gasteiger partial charge in [-0.3, -0.25) is 23.7 Å². The number of carbonyl (C=O) groups is 4. The maximum absolute atomic E-state index is 15.4. The first-order valence-electron chi connectivity index (χ1n) is 24.5. The number of hydrogen-bond acceptors (Lipinski definition) is 10. The zero-order chi connectivity index (χ0) is 55.8. The number of rotatable bonds is 16. The smallest absolute Gasteiger partial charge is 0.471 e. The highest BCUT2D eigenvalue weighted by atomic mass is 19.4. The largest absolute Gasteiger partial charge is 0.508 e. The van der Waals surface area contributed by atoms with Gasteiger partial charge in [-0.15, -0.1) is 0 Å². The Morgan fingerprint density at radius 3 is 2.01 bits per heavy atom. The molecule has 0 fully saturated rings. The molecule has 15 nitrogen and oxygen atoms in total. The van der Waals surface area contributed by atoms with E-state index >= 15 is 4.39 Å². The van der Waals surface area contributed by atoms with E-state index in [2.05, 4.69) is 10.3 Å². The van der Waals surface area contributed by atoms with Gasteiger partial charge in [-0.1, -0.05) is 49.2 Å². The Kier molecular flexibility index (Phi) is 14.2. The summed E-state index contributed by atoms with van der Waals surface area (Å²) in [5.74, 6) is -6.67. The van der Waals surface area contributed by atoms with Crippen LogP contribution in [0.25, 0.3) is 17.1 Å². The Labute approximate surface area is 443 Å². The number of aromatic hydroxyl groups is 1. The molecule has 10 rings (SSSR count). The minimum absolute atomic E-state index is 0.0202. The summed E-state index contributed by atoms with van der Waals surface area (Å²) in [6.07, 6.45) is -6.01. The molecule has 0 saturated heterocycles. The summed E-state index contributed by atoms with van der Waals surface area (Å²) >= 11 is 0. The van der Waals surface area contributed by atoms with Gasteiger partial charge < -0.3 is 40.3 Å². The molecule has 3 amide bonds. The molecule has 404 valence electrons. The van der Waals surface area contributed by atoms with Gasteiger partial charge in [0.15, 0.2) is 23.0 Å². The third kappa shape index (κ3) is 10.9. The van der Waals surface area contributed by atoms with Crippen molar-refractivity contribution in [3.63, 3.8) is 0 Å². The van der Waals surface area contributed by atoms with Crippen LogP contribution in [-0.2, 0) is 32.8 Å². The number of hydrogen-bond donors (Lipinski definition) is 5. The lowest BCUT2D eigenvalue weighted by Crippen LogP contribution is -2.34. The number of esters is 1. The summed E-state index contributed by atoms with van der Waals surface area (Å²) in [6, 6.07) is 31.4. The van der Waals surface area contributed by atoms with Crippen LogP contribution in [0.15, 0.2) is 138 Å². The number of anilines is 2. The van der Waals surface area contributed by atoms with Crippen molar-refractivity contribution < 1.29 is 69.2 Å². The van der Waals surface area contributed by atoms with E-state index in [-0.39, 0.29) is 81.6 Å². The molecule has 4 heterocycles. The number of phenolic OH excluding ortho intramolecular Hbond substituents is 1. The second kappa shape index (κ2) is 21.2. The van der Waals surface area contributed by atoms with Crippen molar-refractivity contribution in [2.75, 3.05) is 23.8 Å². The van der Waals surface area contributed by atoms with Crippen LogP contribution in [0, 0.1) is 5.82 Å². The standard InChI is InChI=1S/C57H43F7N6O9/c58-42-24-32(26-44-51(73)70-30-45(33-11-16-37(71)17-12-33)68-43(49(70)69-44)25-31-8-4-3-5-9-31)10-21-46(42)77-23-7-2-1-6-22-65-50(72)34-13-18-38-41(27-34)55(79-52(38)74)39-19-14-35(66-53(75)56(59,60)61)28-47(39)78-48-29-36(15-20-40(48)55)67-54(76)57(62,63)64/h3-5,8-21,24,27-30,68,71H,1-2,6-7,22-23,25-26H2,(H,65,72)(H,66,75)(H,67,76). The second-order valence-corrected chi connectivity index (χ2v) is 18.6. The summed E-state index contributed by atoms with van der Waals surface area (Å²) < 4.78 is 114. The number of H-pyrrole nitrogens is 1. The summed E-state index contributed by atoms with van der Waals surface area (Å²) in [5, 5.41) is 16.0. The van der Waals surface area contributed by atoms with E-state index in [0.29, 0.717) is 54.9 Å². The molecule has 0 atom stereocenters. The third-order valence-electron chi connectivity index (χ3n) is 13.2. The number of unbranched alkanes of at least 4 members (excludes halogenated alkanes) is 3. The summed E-state index contributed by atoms with van der Waals surface area (Å²) in [7, 11) is 0. The Balaban J connectivity index is 0.761. The van der Waals surface area contributed by atoms with Gasteiger partial charge in [0, 0.05) is 71.3 Å². The Morgan fingerprint density at radius 2 is 1.37 bits per heavy atom. The van der Waals surface area contributed by atoms with Gasteiger partial charge in [-0.25, -0.2) is 14.2 Å². The third-order valence-corrected chi connectivity index (χ3v) is 13.2. The van der Waals surface area contributed by atoms with E-state index in [0.717, 1.165) is 35.4 Å². The maximum atomic E-state index is 15.4. The minimum Gasteiger partial charge on any atom is -0.508 e. The summed E-state index contributed by atoms with van der Waals surface area (Å²) in [6.45, 7) is 0.404. The van der Waals surface area contributed by atoms with Gasteiger partial charge in [-0.05, 0) is 108 Å². The number of carbonyl (C=O) groups excluding carboxylic acids is 4. The van der Waals surface area contributed by atoms with E-state index < -0.39 is 58.8 Å². The molecule has 1 spiro atoms. The molecule has 79 heavy (non-hydrogen) atoms. The number of nitrogens with one attached hydrogen (secondary N) is 4. The highest BCUT2D eigenvalue weighted by molar-refractivity contribution is 6.01. The Bertz CT molecular complexity index is 3630. The predicted molar refractivity (Wildman–Crippen MR) is 271 cm³/mol.